The van der Waals surface area contributed by atoms with E-state index in [0.29, 0.717) is 5.75 Å². The normalized spacial score (nSPS) is 12.5. The van der Waals surface area contributed by atoms with Crippen LogP contribution in [0.5, 0.6) is 0 Å². The van der Waals surface area contributed by atoms with Crippen molar-refractivity contribution in [2.24, 2.45) is 12.8 Å². The molecule has 6 heteroatoms. The maximum absolute atomic E-state index is 11.0. The van der Waals surface area contributed by atoms with Crippen molar-refractivity contribution in [3.8, 4) is 0 Å². The van der Waals surface area contributed by atoms with E-state index in [4.69, 9.17) is 5.73 Å². The molecule has 2 N–H and O–H groups in total. The van der Waals surface area contributed by atoms with Gasteiger partial charge in [-0.25, -0.2) is 4.98 Å². The van der Waals surface area contributed by atoms with Crippen LogP contribution in [0.3, 0.4) is 0 Å². The van der Waals surface area contributed by atoms with Crippen LogP contribution in [0, 0.1) is 0 Å². The zero-order chi connectivity index (χ0) is 11.3. The molecule has 1 aromatic heterocycles. The van der Waals surface area contributed by atoms with Crippen LogP contribution in [-0.4, -0.2) is 34.4 Å². The number of aromatic nitrogens is 2. The zero-order valence-corrected chi connectivity index (χ0v) is 9.66. The fraction of sp³-hybridized carbons (Fsp3) is 0.556. The maximum atomic E-state index is 11.0. The highest BCUT2D eigenvalue weighted by Gasteiger charge is 2.13. The van der Waals surface area contributed by atoms with Crippen molar-refractivity contribution in [3.05, 3.63) is 18.2 Å². The van der Waals surface area contributed by atoms with Gasteiger partial charge in [-0.15, -0.1) is 0 Å². The molecule has 84 valence electrons. The first-order chi connectivity index (χ1) is 7.15. The minimum absolute atomic E-state index is 0.373. The Morgan fingerprint density at radius 1 is 1.80 bits per heavy atom. The molecule has 15 heavy (non-hydrogen) atoms. The Bertz CT molecular complexity index is 327. The van der Waals surface area contributed by atoms with Gasteiger partial charge in [-0.2, -0.15) is 11.8 Å². The predicted octanol–water partition coefficient (Wildman–Crippen LogP) is 0.154. The molecule has 0 spiro atoms. The smallest absolute Gasteiger partial charge is 0.323 e. The number of carbonyl (C=O) groups is 1. The van der Waals surface area contributed by atoms with Crippen LogP contribution in [0.1, 0.15) is 5.82 Å². The average molecular weight is 229 g/mol. The first kappa shape index (κ1) is 12.1. The summed E-state index contributed by atoms with van der Waals surface area (Å²) in [7, 11) is 3.27. The van der Waals surface area contributed by atoms with Crippen molar-refractivity contribution in [3.63, 3.8) is 0 Å². The summed E-state index contributed by atoms with van der Waals surface area (Å²) in [6.45, 7) is 0. The predicted molar refractivity (Wildman–Crippen MR) is 59.4 cm³/mol. The van der Waals surface area contributed by atoms with E-state index in [-0.39, 0.29) is 5.97 Å². The molecule has 0 aliphatic carbocycles. The van der Waals surface area contributed by atoms with Crippen molar-refractivity contribution in [1.82, 2.24) is 9.55 Å². The van der Waals surface area contributed by atoms with Crippen LogP contribution >= 0.6 is 11.8 Å². The van der Waals surface area contributed by atoms with E-state index in [1.165, 1.54) is 7.11 Å². The van der Waals surface area contributed by atoms with Gasteiger partial charge in [0.1, 0.15) is 11.9 Å². The molecule has 0 amide bonds. The first-order valence-electron chi connectivity index (χ1n) is 4.52. The van der Waals surface area contributed by atoms with Gasteiger partial charge in [0, 0.05) is 25.2 Å². The van der Waals surface area contributed by atoms with Crippen LogP contribution < -0.4 is 5.73 Å². The minimum atomic E-state index is -0.555. The van der Waals surface area contributed by atoms with Crippen molar-refractivity contribution in [1.29, 1.82) is 0 Å². The molecular weight excluding hydrogens is 214 g/mol. The molecule has 5 nitrogen and oxygen atoms in total. The molecule has 0 radical (unpaired) electrons. The third kappa shape index (κ3) is 3.56. The number of carbonyl (C=O) groups excluding carboxylic acids is 1. The summed E-state index contributed by atoms with van der Waals surface area (Å²) in [5.74, 6) is 1.88. The number of esters is 1. The lowest BCUT2D eigenvalue weighted by Gasteiger charge is -2.08. The quantitative estimate of drug-likeness (QED) is 0.728. The lowest BCUT2D eigenvalue weighted by atomic mass is 10.4. The Morgan fingerprint density at radius 2 is 2.53 bits per heavy atom. The third-order valence-electron chi connectivity index (χ3n) is 1.95. The third-order valence-corrected chi connectivity index (χ3v) is 3.01. The van der Waals surface area contributed by atoms with E-state index >= 15 is 0 Å². The van der Waals surface area contributed by atoms with Gasteiger partial charge in [-0.1, -0.05) is 0 Å². The summed E-state index contributed by atoms with van der Waals surface area (Å²) in [6, 6.07) is -0.555. The molecule has 0 saturated heterocycles. The number of nitrogens with zero attached hydrogens (tertiary/aromatic N) is 2. The number of imidazole rings is 1. The maximum Gasteiger partial charge on any atom is 0.323 e. The van der Waals surface area contributed by atoms with Crippen LogP contribution in [0.2, 0.25) is 0 Å². The van der Waals surface area contributed by atoms with Gasteiger partial charge < -0.3 is 15.0 Å². The molecule has 1 atom stereocenters. The molecule has 1 unspecified atom stereocenters. The van der Waals surface area contributed by atoms with Gasteiger partial charge in [-0.3, -0.25) is 4.79 Å². The van der Waals surface area contributed by atoms with Gasteiger partial charge in [0.15, 0.2) is 0 Å². The van der Waals surface area contributed by atoms with Crippen molar-refractivity contribution < 1.29 is 9.53 Å². The standard InChI is InChI=1S/C9H15N3O2S/c1-12-4-3-11-8(12)6-15-5-7(10)9(13)14-2/h3-4,7H,5-6,10H2,1-2H3. The molecule has 0 fully saturated rings. The molecule has 0 aliphatic rings. The molecule has 0 aliphatic heterocycles. The summed E-state index contributed by atoms with van der Waals surface area (Å²) in [6.07, 6.45) is 3.63. The topological polar surface area (TPSA) is 70.1 Å². The van der Waals surface area contributed by atoms with E-state index in [1.54, 1.807) is 18.0 Å². The monoisotopic (exact) mass is 229 g/mol. The molecule has 0 bridgehead atoms. The van der Waals surface area contributed by atoms with E-state index in [1.807, 2.05) is 17.8 Å². The SMILES string of the molecule is COC(=O)C(N)CSCc1nccn1C. The van der Waals surface area contributed by atoms with Gasteiger partial charge in [0.2, 0.25) is 0 Å². The molecular formula is C9H15N3O2S. The van der Waals surface area contributed by atoms with Crippen LogP contribution in [0.4, 0.5) is 0 Å². The van der Waals surface area contributed by atoms with E-state index in [9.17, 15) is 4.79 Å². The molecule has 0 saturated carbocycles. The van der Waals surface area contributed by atoms with E-state index in [2.05, 4.69) is 9.72 Å². The second-order valence-electron chi connectivity index (χ2n) is 3.10. The van der Waals surface area contributed by atoms with Crippen LogP contribution in [0.15, 0.2) is 12.4 Å². The Kier molecular flexibility index (Phi) is 4.64. The Morgan fingerprint density at radius 3 is 3.07 bits per heavy atom. The molecule has 0 aromatic carbocycles. The van der Waals surface area contributed by atoms with Gasteiger partial charge >= 0.3 is 5.97 Å². The van der Waals surface area contributed by atoms with E-state index < -0.39 is 6.04 Å². The second kappa shape index (κ2) is 5.77. The van der Waals surface area contributed by atoms with Gasteiger partial charge in [-0.05, 0) is 0 Å². The van der Waals surface area contributed by atoms with Crippen LogP contribution in [-0.2, 0) is 22.3 Å². The molecule has 1 aromatic rings. The average Bonchev–Trinajstić information content (AvgIpc) is 2.63. The highest BCUT2D eigenvalue weighted by Crippen LogP contribution is 2.10. The molecule has 1 heterocycles. The number of hydrogen-bond acceptors (Lipinski definition) is 5. The van der Waals surface area contributed by atoms with Gasteiger partial charge in [0.25, 0.3) is 0 Å². The largest absolute Gasteiger partial charge is 0.468 e. The summed E-state index contributed by atoms with van der Waals surface area (Å²) < 4.78 is 6.47. The van der Waals surface area contributed by atoms with Crippen molar-refractivity contribution in [2.45, 2.75) is 11.8 Å². The Labute approximate surface area is 93.0 Å². The number of hydrogen-bond donors (Lipinski definition) is 1. The number of ether oxygens (including phenoxy) is 1. The van der Waals surface area contributed by atoms with Crippen LogP contribution in [0.25, 0.3) is 0 Å². The summed E-state index contributed by atoms with van der Waals surface area (Å²) in [4.78, 5) is 15.2. The number of rotatable bonds is 5. The number of aryl methyl sites for hydroxylation is 1. The van der Waals surface area contributed by atoms with Gasteiger partial charge in [0.05, 0.1) is 12.9 Å². The number of nitrogens with two attached hydrogens (primary N) is 1. The zero-order valence-electron chi connectivity index (χ0n) is 8.84. The van der Waals surface area contributed by atoms with Crippen molar-refractivity contribution >= 4 is 17.7 Å². The highest BCUT2D eigenvalue weighted by atomic mass is 32.2. The first-order valence-corrected chi connectivity index (χ1v) is 5.68. The Balaban J connectivity index is 2.28. The summed E-state index contributed by atoms with van der Waals surface area (Å²) in [5, 5.41) is 0. The summed E-state index contributed by atoms with van der Waals surface area (Å²) >= 11 is 1.57. The van der Waals surface area contributed by atoms with Crippen molar-refractivity contribution in [2.75, 3.05) is 12.9 Å². The minimum Gasteiger partial charge on any atom is -0.468 e. The highest BCUT2D eigenvalue weighted by molar-refractivity contribution is 7.98. The Hall–Kier alpha value is -1.01. The second-order valence-corrected chi connectivity index (χ2v) is 4.13. The molecule has 1 rings (SSSR count). The van der Waals surface area contributed by atoms with E-state index in [0.717, 1.165) is 11.6 Å². The fourth-order valence-corrected chi connectivity index (χ4v) is 2.00. The summed E-state index contributed by atoms with van der Waals surface area (Å²) in [5.41, 5.74) is 5.58. The fourth-order valence-electron chi connectivity index (χ4n) is 1.03. The lowest BCUT2D eigenvalue weighted by Crippen LogP contribution is -2.33. The lowest BCUT2D eigenvalue weighted by molar-refractivity contribution is -0.141. The number of thioether (sulfide) groups is 1. The number of methoxy groups -OCH3 is 1.